The molecule has 1 saturated heterocycles. The van der Waals surface area contributed by atoms with Gasteiger partial charge in [0.1, 0.15) is 6.61 Å². The van der Waals surface area contributed by atoms with Gasteiger partial charge in [-0.05, 0) is 32.2 Å². The van der Waals surface area contributed by atoms with Crippen LogP contribution in [0, 0.1) is 5.41 Å². The smallest absolute Gasteiger partial charge is 0.250 e. The van der Waals surface area contributed by atoms with Crippen molar-refractivity contribution >= 4 is 0 Å². The van der Waals surface area contributed by atoms with Gasteiger partial charge < -0.3 is 15.6 Å². The quantitative estimate of drug-likeness (QED) is 0.446. The normalized spacial score (nSPS) is 27.9. The van der Waals surface area contributed by atoms with E-state index in [0.29, 0.717) is 13.2 Å². The summed E-state index contributed by atoms with van der Waals surface area (Å²) in [6.07, 6.45) is 0.891. The van der Waals surface area contributed by atoms with Crippen LogP contribution in [0.25, 0.3) is 0 Å². The molecule has 0 radical (unpaired) electrons. The molecule has 0 aromatic heterocycles. The second-order valence-corrected chi connectivity index (χ2v) is 5.63. The van der Waals surface area contributed by atoms with Crippen molar-refractivity contribution in [3.8, 4) is 0 Å². The number of ether oxygens (including phenoxy) is 1. The van der Waals surface area contributed by atoms with Crippen molar-refractivity contribution in [2.75, 3.05) is 13.2 Å². The van der Waals surface area contributed by atoms with Crippen molar-refractivity contribution in [1.82, 2.24) is 5.32 Å². The summed E-state index contributed by atoms with van der Waals surface area (Å²) in [7, 11) is 0. The fourth-order valence-electron chi connectivity index (χ4n) is 1.98. The Bertz CT molecular complexity index is 210. The fraction of sp³-hybridized carbons (Fsp3) is 1.00. The van der Waals surface area contributed by atoms with E-state index < -0.39 is 5.91 Å². The second-order valence-electron chi connectivity index (χ2n) is 5.63. The van der Waals surface area contributed by atoms with E-state index in [4.69, 9.17) is 10.5 Å². The highest BCUT2D eigenvalue weighted by Gasteiger charge is 2.47. The van der Waals surface area contributed by atoms with Crippen LogP contribution in [0.4, 0.5) is 0 Å². The van der Waals surface area contributed by atoms with Crippen molar-refractivity contribution in [2.24, 2.45) is 11.1 Å². The highest BCUT2D eigenvalue weighted by molar-refractivity contribution is 4.91. The molecule has 1 unspecified atom stereocenters. The third kappa shape index (κ3) is 3.53. The maximum Gasteiger partial charge on any atom is 0.250 e. The Hall–Kier alpha value is -0.160. The van der Waals surface area contributed by atoms with Gasteiger partial charge in [-0.1, -0.05) is 13.8 Å². The maximum absolute atomic E-state index is 9.57. The Balaban J connectivity index is 2.48. The number of rotatable bonds is 5. The summed E-state index contributed by atoms with van der Waals surface area (Å²) in [4.78, 5) is 0. The molecular formula is C10H22N2O2. The maximum atomic E-state index is 9.57. The largest absolute Gasteiger partial charge is 0.351 e. The Morgan fingerprint density at radius 1 is 1.43 bits per heavy atom. The predicted octanol–water partition coefficient (Wildman–Crippen LogP) is 0.406. The standard InChI is InChI=1S/C10H22N2O2/c1-8(2,6-11)5-9(3,4)12-10(13)7-14-10/h12-13H,5-7,11H2,1-4H3. The fourth-order valence-corrected chi connectivity index (χ4v) is 1.98. The third-order valence-electron chi connectivity index (χ3n) is 2.42. The zero-order chi connectivity index (χ0) is 11.0. The zero-order valence-corrected chi connectivity index (χ0v) is 9.55. The molecule has 1 aliphatic heterocycles. The molecule has 0 aliphatic carbocycles. The Morgan fingerprint density at radius 3 is 2.29 bits per heavy atom. The summed E-state index contributed by atoms with van der Waals surface area (Å²) in [5.74, 6) is -1.09. The molecule has 0 aromatic carbocycles. The lowest BCUT2D eigenvalue weighted by Crippen LogP contribution is -2.51. The molecule has 0 saturated carbocycles. The first kappa shape index (κ1) is 11.9. The molecule has 1 aliphatic rings. The van der Waals surface area contributed by atoms with Gasteiger partial charge in [-0.2, -0.15) is 0 Å². The molecule has 4 N–H and O–H groups in total. The van der Waals surface area contributed by atoms with E-state index >= 15 is 0 Å². The summed E-state index contributed by atoms with van der Waals surface area (Å²) in [6, 6.07) is 0. The van der Waals surface area contributed by atoms with Crippen LogP contribution in [0.2, 0.25) is 0 Å². The number of nitrogens with one attached hydrogen (secondary N) is 1. The van der Waals surface area contributed by atoms with Gasteiger partial charge in [0.2, 0.25) is 5.91 Å². The van der Waals surface area contributed by atoms with Gasteiger partial charge in [0.05, 0.1) is 0 Å². The minimum Gasteiger partial charge on any atom is -0.351 e. The molecule has 0 bridgehead atoms. The van der Waals surface area contributed by atoms with Gasteiger partial charge in [0.15, 0.2) is 0 Å². The lowest BCUT2D eigenvalue weighted by atomic mass is 9.80. The van der Waals surface area contributed by atoms with Crippen LogP contribution < -0.4 is 11.1 Å². The van der Waals surface area contributed by atoms with Crippen LogP contribution in [-0.2, 0) is 4.74 Å². The van der Waals surface area contributed by atoms with Crippen molar-refractivity contribution in [3.63, 3.8) is 0 Å². The van der Waals surface area contributed by atoms with Crippen LogP contribution in [0.5, 0.6) is 0 Å². The molecule has 1 rings (SSSR count). The van der Waals surface area contributed by atoms with Gasteiger partial charge in [-0.3, -0.25) is 5.32 Å². The third-order valence-corrected chi connectivity index (χ3v) is 2.42. The number of epoxide rings is 1. The topological polar surface area (TPSA) is 70.8 Å². The SMILES string of the molecule is CC(C)(CN)CC(C)(C)NC1(O)CO1. The van der Waals surface area contributed by atoms with Crippen molar-refractivity contribution in [3.05, 3.63) is 0 Å². The molecule has 4 nitrogen and oxygen atoms in total. The van der Waals surface area contributed by atoms with E-state index in [2.05, 4.69) is 19.2 Å². The molecule has 0 amide bonds. The number of nitrogens with two attached hydrogens (primary N) is 1. The first-order valence-electron chi connectivity index (χ1n) is 5.04. The summed E-state index contributed by atoms with van der Waals surface area (Å²) >= 11 is 0. The van der Waals surface area contributed by atoms with Gasteiger partial charge in [0.25, 0.3) is 0 Å². The zero-order valence-electron chi connectivity index (χ0n) is 9.55. The molecule has 84 valence electrons. The summed E-state index contributed by atoms with van der Waals surface area (Å²) in [5.41, 5.74) is 5.57. The predicted molar refractivity (Wildman–Crippen MR) is 55.6 cm³/mol. The van der Waals surface area contributed by atoms with Crippen molar-refractivity contribution in [2.45, 2.75) is 45.6 Å². The minimum absolute atomic E-state index is 0.0712. The monoisotopic (exact) mass is 202 g/mol. The summed E-state index contributed by atoms with van der Waals surface area (Å²) in [5, 5.41) is 12.6. The van der Waals surface area contributed by atoms with Crippen LogP contribution in [0.15, 0.2) is 0 Å². The van der Waals surface area contributed by atoms with E-state index in [0.717, 1.165) is 6.42 Å². The van der Waals surface area contributed by atoms with Crippen LogP contribution in [0.1, 0.15) is 34.1 Å². The van der Waals surface area contributed by atoms with Gasteiger partial charge >= 0.3 is 0 Å². The van der Waals surface area contributed by atoms with Crippen LogP contribution in [-0.4, -0.2) is 29.7 Å². The average Bonchev–Trinajstić information content (AvgIpc) is 2.63. The molecule has 1 atom stereocenters. The summed E-state index contributed by atoms with van der Waals surface area (Å²) < 4.78 is 4.89. The lowest BCUT2D eigenvalue weighted by molar-refractivity contribution is -0.0248. The Kier molecular flexibility index (Phi) is 2.94. The van der Waals surface area contributed by atoms with Crippen LogP contribution in [0.3, 0.4) is 0 Å². The molecule has 14 heavy (non-hydrogen) atoms. The molecule has 1 fully saturated rings. The van der Waals surface area contributed by atoms with Gasteiger partial charge in [-0.25, -0.2) is 0 Å². The molecule has 0 spiro atoms. The van der Waals surface area contributed by atoms with Gasteiger partial charge in [-0.15, -0.1) is 0 Å². The number of hydrogen-bond acceptors (Lipinski definition) is 4. The van der Waals surface area contributed by atoms with Crippen molar-refractivity contribution in [1.29, 1.82) is 0 Å². The van der Waals surface area contributed by atoms with E-state index in [1.54, 1.807) is 0 Å². The summed E-state index contributed by atoms with van der Waals surface area (Å²) in [6.45, 7) is 9.34. The molecular weight excluding hydrogens is 180 g/mol. The molecule has 1 heterocycles. The Morgan fingerprint density at radius 2 is 1.93 bits per heavy atom. The molecule has 0 aromatic rings. The van der Waals surface area contributed by atoms with Crippen molar-refractivity contribution < 1.29 is 9.84 Å². The first-order valence-corrected chi connectivity index (χ1v) is 5.04. The lowest BCUT2D eigenvalue weighted by Gasteiger charge is -2.35. The van der Waals surface area contributed by atoms with E-state index in [1.165, 1.54) is 0 Å². The molecule has 4 heteroatoms. The average molecular weight is 202 g/mol. The van der Waals surface area contributed by atoms with Crippen LogP contribution >= 0.6 is 0 Å². The number of aliphatic hydroxyl groups is 1. The van der Waals surface area contributed by atoms with Gasteiger partial charge in [0, 0.05) is 5.54 Å². The van der Waals surface area contributed by atoms with E-state index in [1.807, 2.05) is 13.8 Å². The second kappa shape index (κ2) is 3.45. The first-order chi connectivity index (χ1) is 6.18. The number of hydrogen-bond donors (Lipinski definition) is 3. The Labute approximate surface area is 85.8 Å². The highest BCUT2D eigenvalue weighted by atomic mass is 16.7. The van der Waals surface area contributed by atoms with E-state index in [9.17, 15) is 5.11 Å². The highest BCUT2D eigenvalue weighted by Crippen LogP contribution is 2.30. The minimum atomic E-state index is -1.09. The van der Waals surface area contributed by atoms with E-state index in [-0.39, 0.29) is 11.0 Å².